The number of nitrogens with zero attached hydrogens (tertiary/aromatic N) is 4. The number of rotatable bonds is 6. The van der Waals surface area contributed by atoms with E-state index in [0.29, 0.717) is 18.9 Å². The molecule has 0 radical (unpaired) electrons. The molecule has 6 nitrogen and oxygen atoms in total. The minimum Gasteiger partial charge on any atom is -0.396 e. The molecular formula is C19H23ClN4O2. The van der Waals surface area contributed by atoms with Gasteiger partial charge in [-0.25, -0.2) is 9.78 Å². The van der Waals surface area contributed by atoms with E-state index in [1.807, 2.05) is 32.0 Å². The maximum Gasteiger partial charge on any atom is 0.330 e. The Labute approximate surface area is 158 Å². The van der Waals surface area contributed by atoms with Gasteiger partial charge in [0.15, 0.2) is 0 Å². The molecule has 0 atom stereocenters. The zero-order valence-corrected chi connectivity index (χ0v) is 15.8. The minimum absolute atomic E-state index is 0.103. The molecule has 3 rings (SSSR count). The smallest absolute Gasteiger partial charge is 0.330 e. The number of carbonyl (C=O) groups is 1. The number of aliphatic hydroxyl groups excluding tert-OH is 1. The van der Waals surface area contributed by atoms with E-state index in [2.05, 4.69) is 9.97 Å². The second kappa shape index (κ2) is 8.01. The fourth-order valence-corrected chi connectivity index (χ4v) is 3.49. The van der Waals surface area contributed by atoms with Crippen molar-refractivity contribution in [3.8, 4) is 0 Å². The summed E-state index contributed by atoms with van der Waals surface area (Å²) in [6, 6.07) is 5.91. The molecule has 2 aromatic rings. The molecule has 26 heavy (non-hydrogen) atoms. The predicted octanol–water partition coefficient (Wildman–Crippen LogP) is 3.86. The van der Waals surface area contributed by atoms with Gasteiger partial charge in [0.1, 0.15) is 5.82 Å². The Kier molecular flexibility index (Phi) is 5.74. The minimum atomic E-state index is -0.103. The topological polar surface area (TPSA) is 69.6 Å². The number of carbonyl (C=O) groups excluding carboxylic acids is 1. The Balaban J connectivity index is 1.97. The number of halogens is 1. The average molecular weight is 375 g/mol. The summed E-state index contributed by atoms with van der Waals surface area (Å²) in [5.41, 5.74) is 3.91. The maximum absolute atomic E-state index is 13.3. The summed E-state index contributed by atoms with van der Waals surface area (Å²) in [7, 11) is 0. The molecule has 1 N–H and O–H groups in total. The fourth-order valence-electron chi connectivity index (χ4n) is 3.36. The third-order valence-corrected chi connectivity index (χ3v) is 4.79. The Morgan fingerprint density at radius 2 is 1.92 bits per heavy atom. The standard InChI is InChI=1S/C19H23ClN4O2/c1-13-7-6-8-14(2)16(13)24-12-15-11-21-18(20)22-17(15)23(19(24)26)9-4-3-5-10-25/h6-8,11,25H,3-5,9-10,12H2,1-2H3. The number of aliphatic hydroxyl groups is 1. The molecule has 1 aromatic carbocycles. The van der Waals surface area contributed by atoms with Crippen LogP contribution in [0.5, 0.6) is 0 Å². The Bertz CT molecular complexity index is 792. The number of aromatic nitrogens is 2. The number of amides is 2. The number of unbranched alkanes of at least 4 members (excludes halogenated alkanes) is 2. The lowest BCUT2D eigenvalue weighted by atomic mass is 10.1. The summed E-state index contributed by atoms with van der Waals surface area (Å²) in [6.45, 7) is 5.13. The van der Waals surface area contributed by atoms with Gasteiger partial charge >= 0.3 is 6.03 Å². The summed E-state index contributed by atoms with van der Waals surface area (Å²) in [5.74, 6) is 0.585. The molecule has 0 bridgehead atoms. The second-order valence-electron chi connectivity index (χ2n) is 6.53. The summed E-state index contributed by atoms with van der Waals surface area (Å²) in [6.07, 6.45) is 4.05. The van der Waals surface area contributed by atoms with Crippen molar-refractivity contribution >= 4 is 29.1 Å². The van der Waals surface area contributed by atoms with Crippen molar-refractivity contribution in [3.05, 3.63) is 46.4 Å². The molecule has 0 saturated carbocycles. The fraction of sp³-hybridized carbons (Fsp3) is 0.421. The van der Waals surface area contributed by atoms with Crippen LogP contribution in [0, 0.1) is 13.8 Å². The van der Waals surface area contributed by atoms with Crippen LogP contribution in [0.1, 0.15) is 36.0 Å². The molecule has 0 saturated heterocycles. The quantitative estimate of drug-likeness (QED) is 0.615. The second-order valence-corrected chi connectivity index (χ2v) is 6.87. The van der Waals surface area contributed by atoms with E-state index in [4.69, 9.17) is 16.7 Å². The van der Waals surface area contributed by atoms with Crippen molar-refractivity contribution in [2.45, 2.75) is 39.7 Å². The van der Waals surface area contributed by atoms with Crippen LogP contribution in [0.2, 0.25) is 5.28 Å². The van der Waals surface area contributed by atoms with E-state index in [1.165, 1.54) is 0 Å². The van der Waals surface area contributed by atoms with Gasteiger partial charge in [-0.2, -0.15) is 4.98 Å². The third-order valence-electron chi connectivity index (χ3n) is 4.61. The molecule has 0 unspecified atom stereocenters. The summed E-state index contributed by atoms with van der Waals surface area (Å²) in [4.78, 5) is 25.1. The van der Waals surface area contributed by atoms with Crippen molar-refractivity contribution in [2.75, 3.05) is 23.0 Å². The van der Waals surface area contributed by atoms with Crippen LogP contribution < -0.4 is 9.80 Å². The van der Waals surface area contributed by atoms with Crippen LogP contribution >= 0.6 is 11.6 Å². The summed E-state index contributed by atoms with van der Waals surface area (Å²) >= 11 is 5.97. The summed E-state index contributed by atoms with van der Waals surface area (Å²) < 4.78 is 0. The van der Waals surface area contributed by atoms with Gasteiger partial charge < -0.3 is 5.11 Å². The van der Waals surface area contributed by atoms with Crippen LogP contribution in [-0.2, 0) is 6.54 Å². The van der Waals surface area contributed by atoms with E-state index in [1.54, 1.807) is 16.0 Å². The zero-order chi connectivity index (χ0) is 18.7. The molecule has 1 aliphatic heterocycles. The van der Waals surface area contributed by atoms with E-state index in [-0.39, 0.29) is 17.9 Å². The highest BCUT2D eigenvalue weighted by atomic mass is 35.5. The normalized spacial score (nSPS) is 13.9. The van der Waals surface area contributed by atoms with Crippen LogP contribution in [0.4, 0.5) is 16.3 Å². The average Bonchev–Trinajstić information content (AvgIpc) is 2.61. The number of aryl methyl sites for hydroxylation is 2. The maximum atomic E-state index is 13.3. The number of hydrogen-bond donors (Lipinski definition) is 1. The van der Waals surface area contributed by atoms with Crippen molar-refractivity contribution < 1.29 is 9.90 Å². The van der Waals surface area contributed by atoms with Gasteiger partial charge in [-0.3, -0.25) is 9.80 Å². The van der Waals surface area contributed by atoms with Gasteiger partial charge in [-0.05, 0) is 55.8 Å². The van der Waals surface area contributed by atoms with E-state index >= 15 is 0 Å². The number of benzene rings is 1. The molecule has 7 heteroatoms. The predicted molar refractivity (Wildman–Crippen MR) is 103 cm³/mol. The molecule has 2 heterocycles. The molecular weight excluding hydrogens is 352 g/mol. The number of anilines is 2. The number of para-hydroxylation sites is 1. The molecule has 1 aromatic heterocycles. The highest BCUT2D eigenvalue weighted by Crippen LogP contribution is 2.34. The van der Waals surface area contributed by atoms with Gasteiger partial charge in [0.05, 0.1) is 12.2 Å². The first kappa shape index (κ1) is 18.6. The zero-order valence-electron chi connectivity index (χ0n) is 15.1. The van der Waals surface area contributed by atoms with Crippen molar-refractivity contribution in [1.29, 1.82) is 0 Å². The molecule has 2 amide bonds. The van der Waals surface area contributed by atoms with Gasteiger partial charge in [0, 0.05) is 24.9 Å². The highest BCUT2D eigenvalue weighted by molar-refractivity contribution is 6.28. The first-order valence-corrected chi connectivity index (χ1v) is 9.18. The Morgan fingerprint density at radius 1 is 1.19 bits per heavy atom. The van der Waals surface area contributed by atoms with Crippen LogP contribution in [0.15, 0.2) is 24.4 Å². The van der Waals surface area contributed by atoms with Gasteiger partial charge in [-0.1, -0.05) is 18.2 Å². The molecule has 0 fully saturated rings. The third kappa shape index (κ3) is 3.66. The van der Waals surface area contributed by atoms with Crippen molar-refractivity contribution in [3.63, 3.8) is 0 Å². The highest BCUT2D eigenvalue weighted by Gasteiger charge is 2.33. The number of hydrogen-bond acceptors (Lipinski definition) is 4. The van der Waals surface area contributed by atoms with Gasteiger partial charge in [0.25, 0.3) is 0 Å². The monoisotopic (exact) mass is 374 g/mol. The SMILES string of the molecule is Cc1cccc(C)c1N1Cc2cnc(Cl)nc2N(CCCCCO)C1=O. The first-order valence-electron chi connectivity index (χ1n) is 8.80. The van der Waals surface area contributed by atoms with Crippen molar-refractivity contribution in [1.82, 2.24) is 9.97 Å². The van der Waals surface area contributed by atoms with E-state index in [0.717, 1.165) is 41.6 Å². The van der Waals surface area contributed by atoms with Gasteiger partial charge in [-0.15, -0.1) is 0 Å². The van der Waals surface area contributed by atoms with Crippen LogP contribution in [0.25, 0.3) is 0 Å². The molecule has 1 aliphatic rings. The lowest BCUT2D eigenvalue weighted by molar-refractivity contribution is 0.249. The van der Waals surface area contributed by atoms with E-state index < -0.39 is 0 Å². The summed E-state index contributed by atoms with van der Waals surface area (Å²) in [5, 5.41) is 9.11. The Morgan fingerprint density at radius 3 is 2.62 bits per heavy atom. The lowest BCUT2D eigenvalue weighted by Gasteiger charge is -2.37. The molecule has 0 aliphatic carbocycles. The van der Waals surface area contributed by atoms with Crippen LogP contribution in [0.3, 0.4) is 0 Å². The molecule has 0 spiro atoms. The van der Waals surface area contributed by atoms with Crippen molar-refractivity contribution in [2.24, 2.45) is 0 Å². The van der Waals surface area contributed by atoms with Crippen LogP contribution in [-0.4, -0.2) is 34.3 Å². The first-order chi connectivity index (χ1) is 12.5. The van der Waals surface area contributed by atoms with E-state index in [9.17, 15) is 4.79 Å². The number of urea groups is 1. The molecule has 138 valence electrons. The lowest BCUT2D eigenvalue weighted by Crippen LogP contribution is -2.48. The largest absolute Gasteiger partial charge is 0.396 e. The number of fused-ring (bicyclic) bond motifs is 1. The van der Waals surface area contributed by atoms with Gasteiger partial charge in [0.2, 0.25) is 5.28 Å². The Hall–Kier alpha value is -2.18.